The molecule has 2 heterocycles. The van der Waals surface area contributed by atoms with E-state index in [9.17, 15) is 9.59 Å². The first-order chi connectivity index (χ1) is 15.1. The summed E-state index contributed by atoms with van der Waals surface area (Å²) in [5.74, 6) is 0.458. The van der Waals surface area contributed by atoms with Crippen molar-refractivity contribution in [3.05, 3.63) is 70.0 Å². The first kappa shape index (κ1) is 20.9. The van der Waals surface area contributed by atoms with Crippen LogP contribution in [0.15, 0.2) is 53.3 Å². The van der Waals surface area contributed by atoms with Crippen molar-refractivity contribution in [2.24, 2.45) is 0 Å². The Balaban J connectivity index is 1.62. The Morgan fingerprint density at radius 3 is 2.45 bits per heavy atom. The average Bonchev–Trinajstić information content (AvgIpc) is 2.80. The summed E-state index contributed by atoms with van der Waals surface area (Å²) in [6, 6.07) is 16.0. The maximum Gasteiger partial charge on any atom is 0.317 e. The second-order valence-electron chi connectivity index (χ2n) is 8.01. The number of carbonyl (C=O) groups is 1. The molecule has 2 aromatic carbocycles. The second-order valence-corrected chi connectivity index (χ2v) is 8.01. The van der Waals surface area contributed by atoms with Crippen LogP contribution in [-0.4, -0.2) is 53.2 Å². The number of hydrogen-bond acceptors (Lipinski definition) is 4. The Morgan fingerprint density at radius 1 is 1.03 bits per heavy atom. The highest BCUT2D eigenvalue weighted by Gasteiger charge is 2.24. The van der Waals surface area contributed by atoms with Crippen LogP contribution in [0.2, 0.25) is 0 Å². The summed E-state index contributed by atoms with van der Waals surface area (Å²) in [4.78, 5) is 34.2. The zero-order valence-corrected chi connectivity index (χ0v) is 18.2. The highest BCUT2D eigenvalue weighted by atomic mass is 16.2. The summed E-state index contributed by atoms with van der Waals surface area (Å²) in [5, 5.41) is 2.92. The number of aromatic nitrogens is 2. The molecule has 162 valence electrons. The minimum atomic E-state index is -0.0943. The lowest BCUT2D eigenvalue weighted by molar-refractivity contribution is 0.194. The van der Waals surface area contributed by atoms with Crippen LogP contribution in [0.3, 0.4) is 0 Å². The number of benzene rings is 2. The average molecular weight is 420 g/mol. The van der Waals surface area contributed by atoms with Gasteiger partial charge >= 0.3 is 6.03 Å². The largest absolute Gasteiger partial charge is 0.348 e. The SMILES string of the molecule is CCCNC(=O)N1CCN(c2nc3ccccc3n(Cc3ccc(C)cc3)c2=O)CC1. The van der Waals surface area contributed by atoms with E-state index in [-0.39, 0.29) is 11.6 Å². The molecule has 0 atom stereocenters. The molecule has 1 aliphatic rings. The van der Waals surface area contributed by atoms with Crippen molar-refractivity contribution in [2.45, 2.75) is 26.8 Å². The van der Waals surface area contributed by atoms with Gasteiger partial charge in [0.1, 0.15) is 0 Å². The van der Waals surface area contributed by atoms with Crippen molar-refractivity contribution in [3.8, 4) is 0 Å². The third kappa shape index (κ3) is 4.55. The molecule has 0 radical (unpaired) electrons. The van der Waals surface area contributed by atoms with Crippen LogP contribution < -0.4 is 15.8 Å². The van der Waals surface area contributed by atoms with Crippen molar-refractivity contribution < 1.29 is 4.79 Å². The van der Waals surface area contributed by atoms with E-state index in [0.717, 1.165) is 23.0 Å². The number of hydrogen-bond donors (Lipinski definition) is 1. The third-order valence-electron chi connectivity index (χ3n) is 5.69. The smallest absolute Gasteiger partial charge is 0.317 e. The number of aryl methyl sites for hydroxylation is 1. The molecule has 0 unspecified atom stereocenters. The molecule has 1 N–H and O–H groups in total. The Hall–Kier alpha value is -3.35. The van der Waals surface area contributed by atoms with Crippen molar-refractivity contribution in [1.29, 1.82) is 0 Å². The van der Waals surface area contributed by atoms with Gasteiger partial charge in [-0.05, 0) is 31.0 Å². The van der Waals surface area contributed by atoms with Crippen molar-refractivity contribution in [1.82, 2.24) is 19.8 Å². The number of urea groups is 1. The molecule has 1 fully saturated rings. The number of nitrogens with one attached hydrogen (secondary N) is 1. The molecule has 0 spiro atoms. The van der Waals surface area contributed by atoms with Gasteiger partial charge in [0.25, 0.3) is 5.56 Å². The van der Waals surface area contributed by atoms with E-state index in [2.05, 4.69) is 36.5 Å². The second kappa shape index (κ2) is 9.20. The van der Waals surface area contributed by atoms with Crippen LogP contribution in [0.4, 0.5) is 10.6 Å². The molecular formula is C24H29N5O2. The topological polar surface area (TPSA) is 70.5 Å². The lowest BCUT2D eigenvalue weighted by atomic mass is 10.1. The third-order valence-corrected chi connectivity index (χ3v) is 5.69. The van der Waals surface area contributed by atoms with E-state index in [1.54, 1.807) is 4.90 Å². The van der Waals surface area contributed by atoms with Crippen LogP contribution in [0.1, 0.15) is 24.5 Å². The molecule has 4 rings (SSSR count). The molecule has 1 aliphatic heterocycles. The quantitative estimate of drug-likeness (QED) is 0.690. The first-order valence-electron chi connectivity index (χ1n) is 10.9. The summed E-state index contributed by atoms with van der Waals surface area (Å²) >= 11 is 0. The Kier molecular flexibility index (Phi) is 6.21. The standard InChI is InChI=1S/C24H29N5O2/c1-3-12-25-24(31)28-15-13-27(14-16-28)22-23(30)29(17-19-10-8-18(2)9-11-19)21-7-5-4-6-20(21)26-22/h4-11H,3,12-17H2,1-2H3,(H,25,31). The minimum absolute atomic E-state index is 0.0373. The number of carbonyl (C=O) groups excluding carboxylic acids is 1. The van der Waals surface area contributed by atoms with Crippen LogP contribution in [0, 0.1) is 6.92 Å². The van der Waals surface area contributed by atoms with Crippen molar-refractivity contribution in [3.63, 3.8) is 0 Å². The molecule has 7 heteroatoms. The van der Waals surface area contributed by atoms with Gasteiger partial charge in [0.15, 0.2) is 5.82 Å². The van der Waals surface area contributed by atoms with E-state index < -0.39 is 0 Å². The molecule has 3 aromatic rings. The monoisotopic (exact) mass is 419 g/mol. The molecule has 7 nitrogen and oxygen atoms in total. The molecular weight excluding hydrogens is 390 g/mol. The maximum atomic E-state index is 13.5. The van der Waals surface area contributed by atoms with Crippen LogP contribution >= 0.6 is 0 Å². The predicted molar refractivity (Wildman–Crippen MR) is 124 cm³/mol. The van der Waals surface area contributed by atoms with Gasteiger partial charge in [-0.3, -0.25) is 9.36 Å². The molecule has 0 aliphatic carbocycles. The number of nitrogens with zero attached hydrogens (tertiary/aromatic N) is 4. The van der Waals surface area contributed by atoms with Crippen LogP contribution in [0.5, 0.6) is 0 Å². The van der Waals surface area contributed by atoms with Gasteiger partial charge in [0.2, 0.25) is 0 Å². The fourth-order valence-corrected chi connectivity index (χ4v) is 3.88. The van der Waals surface area contributed by atoms with Crippen LogP contribution in [-0.2, 0) is 6.54 Å². The number of amides is 2. The van der Waals surface area contributed by atoms with E-state index in [1.165, 1.54) is 5.56 Å². The summed E-state index contributed by atoms with van der Waals surface area (Å²) in [7, 11) is 0. The van der Waals surface area contributed by atoms with Crippen molar-refractivity contribution >= 4 is 22.9 Å². The minimum Gasteiger partial charge on any atom is -0.348 e. The molecule has 2 amide bonds. The fraction of sp³-hybridized carbons (Fsp3) is 0.375. The zero-order valence-electron chi connectivity index (χ0n) is 18.2. The molecule has 1 saturated heterocycles. The highest BCUT2D eigenvalue weighted by molar-refractivity contribution is 5.77. The van der Waals surface area contributed by atoms with Gasteiger partial charge in [-0.1, -0.05) is 48.9 Å². The van der Waals surface area contributed by atoms with Gasteiger partial charge in [-0.2, -0.15) is 0 Å². The number of piperazine rings is 1. The summed E-state index contributed by atoms with van der Waals surface area (Å²) in [6.45, 7) is 7.57. The van der Waals surface area contributed by atoms with E-state index >= 15 is 0 Å². The zero-order chi connectivity index (χ0) is 21.8. The van der Waals surface area contributed by atoms with Crippen molar-refractivity contribution in [2.75, 3.05) is 37.6 Å². The number of para-hydroxylation sites is 2. The predicted octanol–water partition coefficient (Wildman–Crippen LogP) is 2.99. The summed E-state index contributed by atoms with van der Waals surface area (Å²) < 4.78 is 1.81. The number of rotatable bonds is 5. The van der Waals surface area contributed by atoms with E-state index in [4.69, 9.17) is 4.98 Å². The van der Waals surface area contributed by atoms with Gasteiger partial charge in [-0.15, -0.1) is 0 Å². The molecule has 0 bridgehead atoms. The van der Waals surface area contributed by atoms with Crippen LogP contribution in [0.25, 0.3) is 11.0 Å². The molecule has 0 saturated carbocycles. The van der Waals surface area contributed by atoms with E-state index in [0.29, 0.717) is 45.1 Å². The van der Waals surface area contributed by atoms with Gasteiger partial charge in [0.05, 0.1) is 17.6 Å². The van der Waals surface area contributed by atoms with E-state index in [1.807, 2.05) is 40.7 Å². The Labute approximate surface area is 182 Å². The Morgan fingerprint density at radius 2 is 1.74 bits per heavy atom. The van der Waals surface area contributed by atoms with Gasteiger partial charge in [-0.25, -0.2) is 9.78 Å². The molecule has 1 aromatic heterocycles. The summed E-state index contributed by atoms with van der Waals surface area (Å²) in [5.41, 5.74) is 3.80. The normalized spacial score (nSPS) is 14.1. The highest BCUT2D eigenvalue weighted by Crippen LogP contribution is 2.17. The number of fused-ring (bicyclic) bond motifs is 1. The number of anilines is 1. The summed E-state index contributed by atoms with van der Waals surface area (Å²) in [6.07, 6.45) is 0.910. The lowest BCUT2D eigenvalue weighted by Gasteiger charge is -2.35. The Bertz CT molecular complexity index is 1120. The van der Waals surface area contributed by atoms with Gasteiger partial charge in [0, 0.05) is 32.7 Å². The van der Waals surface area contributed by atoms with Gasteiger partial charge < -0.3 is 15.1 Å². The fourth-order valence-electron chi connectivity index (χ4n) is 3.88. The lowest BCUT2D eigenvalue weighted by Crippen LogP contribution is -2.53. The first-order valence-corrected chi connectivity index (χ1v) is 10.9. The molecule has 31 heavy (non-hydrogen) atoms. The maximum absolute atomic E-state index is 13.5.